The molecule has 0 spiro atoms. The second kappa shape index (κ2) is 7.52. The number of aryl methyl sites for hydroxylation is 1. The first-order chi connectivity index (χ1) is 13.6. The van der Waals surface area contributed by atoms with Gasteiger partial charge in [0, 0.05) is 6.07 Å². The van der Waals surface area contributed by atoms with Crippen LogP contribution < -0.4 is 15.9 Å². The van der Waals surface area contributed by atoms with Crippen molar-refractivity contribution in [3.05, 3.63) is 92.6 Å². The molecule has 0 fully saturated rings. The molecule has 6 nitrogen and oxygen atoms in total. The van der Waals surface area contributed by atoms with Crippen molar-refractivity contribution >= 4 is 11.1 Å². The van der Waals surface area contributed by atoms with Crippen LogP contribution in [0.15, 0.2) is 74.7 Å². The number of H-pyrrole nitrogens is 1. The Balaban J connectivity index is 1.56. The van der Waals surface area contributed by atoms with Gasteiger partial charge in [0.05, 0.1) is 0 Å². The topological polar surface area (TPSA) is 85.2 Å². The van der Waals surface area contributed by atoms with Gasteiger partial charge < -0.3 is 9.15 Å². The fraction of sp³-hybridized carbons (Fsp3) is 0.136. The molecule has 1 N–H and O–H groups in total. The predicted molar refractivity (Wildman–Crippen MR) is 106 cm³/mol. The van der Waals surface area contributed by atoms with Crippen LogP contribution in [0.25, 0.3) is 22.2 Å². The van der Waals surface area contributed by atoms with E-state index in [1.807, 2.05) is 61.5 Å². The maximum absolute atomic E-state index is 12.4. The molecule has 4 aromatic rings. The molecule has 0 saturated carbocycles. The van der Waals surface area contributed by atoms with E-state index in [9.17, 15) is 9.59 Å². The van der Waals surface area contributed by atoms with Crippen molar-refractivity contribution in [2.24, 2.45) is 0 Å². The highest BCUT2D eigenvalue weighted by Crippen LogP contribution is 2.20. The Morgan fingerprint density at radius 1 is 1.00 bits per heavy atom. The average molecular weight is 374 g/mol. The van der Waals surface area contributed by atoms with Gasteiger partial charge in [-0.1, -0.05) is 61.5 Å². The van der Waals surface area contributed by atoms with Crippen LogP contribution >= 0.6 is 0 Å². The highest BCUT2D eigenvalue weighted by Gasteiger charge is 2.12. The summed E-state index contributed by atoms with van der Waals surface area (Å²) in [5.74, 6) is 0. The lowest BCUT2D eigenvalue weighted by atomic mass is 10.0. The first-order valence-corrected chi connectivity index (χ1v) is 8.98. The van der Waals surface area contributed by atoms with E-state index >= 15 is 0 Å². The number of nitrogens with zero attached hydrogens (tertiary/aromatic N) is 1. The summed E-state index contributed by atoms with van der Waals surface area (Å²) in [7, 11) is 0. The number of nitrogens with one attached hydrogen (secondary N) is 1. The fourth-order valence-corrected chi connectivity index (χ4v) is 3.05. The van der Waals surface area contributed by atoms with Crippen molar-refractivity contribution < 1.29 is 9.15 Å². The molecular formula is C22H18N2O4. The fourth-order valence-electron chi connectivity index (χ4n) is 3.05. The van der Waals surface area contributed by atoms with Gasteiger partial charge in [0.1, 0.15) is 12.0 Å². The molecule has 0 amide bonds. The minimum Gasteiger partial charge on any atom is -0.460 e. The van der Waals surface area contributed by atoms with Crippen molar-refractivity contribution in [3.63, 3.8) is 0 Å². The molecule has 2 heterocycles. The standard InChI is InChI=1S/C22H18N2O4/c1-2-15-12-18(25)28-21-19(15)20(26)23-22(24-21)27-13-14-8-10-17(11-9-14)16-6-4-3-5-7-16/h3-12H,2,13H2,1H3,(H,23,24,26). The summed E-state index contributed by atoms with van der Waals surface area (Å²) in [5, 5.41) is 0.279. The molecule has 0 aliphatic carbocycles. The van der Waals surface area contributed by atoms with E-state index in [2.05, 4.69) is 9.97 Å². The van der Waals surface area contributed by atoms with Gasteiger partial charge in [-0.25, -0.2) is 4.79 Å². The van der Waals surface area contributed by atoms with E-state index in [0.29, 0.717) is 12.0 Å². The van der Waals surface area contributed by atoms with E-state index in [1.54, 1.807) is 0 Å². The zero-order valence-electron chi connectivity index (χ0n) is 15.3. The number of aromatic amines is 1. The lowest BCUT2D eigenvalue weighted by Gasteiger charge is -2.08. The lowest BCUT2D eigenvalue weighted by molar-refractivity contribution is 0.279. The van der Waals surface area contributed by atoms with Gasteiger partial charge in [-0.2, -0.15) is 4.98 Å². The first-order valence-electron chi connectivity index (χ1n) is 8.98. The van der Waals surface area contributed by atoms with Crippen LogP contribution in [-0.4, -0.2) is 9.97 Å². The Morgan fingerprint density at radius 3 is 2.43 bits per heavy atom. The van der Waals surface area contributed by atoms with Crippen LogP contribution in [-0.2, 0) is 13.0 Å². The van der Waals surface area contributed by atoms with Crippen LogP contribution in [0.4, 0.5) is 0 Å². The average Bonchev–Trinajstić information content (AvgIpc) is 2.72. The third-order valence-corrected chi connectivity index (χ3v) is 4.49. The molecule has 140 valence electrons. The van der Waals surface area contributed by atoms with Gasteiger partial charge >= 0.3 is 5.63 Å². The highest BCUT2D eigenvalue weighted by molar-refractivity contribution is 5.75. The Labute approximate surface area is 160 Å². The van der Waals surface area contributed by atoms with E-state index in [4.69, 9.17) is 9.15 Å². The van der Waals surface area contributed by atoms with E-state index in [1.165, 1.54) is 6.07 Å². The Kier molecular flexibility index (Phi) is 4.76. The molecule has 0 bridgehead atoms. The molecular weight excluding hydrogens is 356 g/mol. The SMILES string of the molecule is CCc1cc(=O)oc2nc(OCc3ccc(-c4ccccc4)cc3)[nH]c(=O)c12. The van der Waals surface area contributed by atoms with Crippen LogP contribution in [0.1, 0.15) is 18.1 Å². The molecule has 28 heavy (non-hydrogen) atoms. The number of rotatable bonds is 5. The minimum absolute atomic E-state index is 0.0116. The minimum atomic E-state index is -0.537. The summed E-state index contributed by atoms with van der Waals surface area (Å²) in [6, 6.07) is 19.3. The van der Waals surface area contributed by atoms with Crippen molar-refractivity contribution in [2.45, 2.75) is 20.0 Å². The summed E-state index contributed by atoms with van der Waals surface area (Å²) < 4.78 is 10.7. The number of fused-ring (bicyclic) bond motifs is 1. The molecule has 2 aromatic carbocycles. The molecule has 0 aliphatic heterocycles. The number of hydrogen-bond donors (Lipinski definition) is 1. The highest BCUT2D eigenvalue weighted by atomic mass is 16.5. The lowest BCUT2D eigenvalue weighted by Crippen LogP contribution is -2.15. The second-order valence-electron chi connectivity index (χ2n) is 6.35. The van der Waals surface area contributed by atoms with Gasteiger partial charge in [0.2, 0.25) is 5.71 Å². The number of ether oxygens (including phenoxy) is 1. The third kappa shape index (κ3) is 3.57. The Bertz CT molecular complexity index is 1230. The van der Waals surface area contributed by atoms with Crippen molar-refractivity contribution in [3.8, 4) is 17.1 Å². The smallest absolute Gasteiger partial charge is 0.337 e. The van der Waals surface area contributed by atoms with Crippen molar-refractivity contribution in [1.82, 2.24) is 9.97 Å². The van der Waals surface area contributed by atoms with Crippen LogP contribution in [0, 0.1) is 0 Å². The second-order valence-corrected chi connectivity index (χ2v) is 6.35. The summed E-state index contributed by atoms with van der Waals surface area (Å²) in [4.78, 5) is 30.8. The summed E-state index contributed by atoms with van der Waals surface area (Å²) in [6.07, 6.45) is 0.529. The molecule has 0 saturated heterocycles. The number of benzene rings is 2. The number of aromatic nitrogens is 2. The van der Waals surface area contributed by atoms with Crippen LogP contribution in [0.3, 0.4) is 0 Å². The maximum atomic E-state index is 12.4. The molecule has 2 aromatic heterocycles. The van der Waals surface area contributed by atoms with Gasteiger partial charge in [-0.05, 0) is 28.7 Å². The molecule has 0 atom stereocenters. The van der Waals surface area contributed by atoms with Crippen molar-refractivity contribution in [2.75, 3.05) is 0 Å². The molecule has 6 heteroatoms. The Morgan fingerprint density at radius 2 is 1.71 bits per heavy atom. The maximum Gasteiger partial charge on any atom is 0.337 e. The zero-order chi connectivity index (χ0) is 19.5. The van der Waals surface area contributed by atoms with Crippen LogP contribution in [0.2, 0.25) is 0 Å². The van der Waals surface area contributed by atoms with Gasteiger partial charge in [0.25, 0.3) is 11.6 Å². The Hall–Kier alpha value is -3.67. The monoisotopic (exact) mass is 374 g/mol. The quantitative estimate of drug-likeness (QED) is 0.576. The van der Waals surface area contributed by atoms with Crippen LogP contribution in [0.5, 0.6) is 6.01 Å². The molecule has 0 aliphatic rings. The normalized spacial score (nSPS) is 10.9. The molecule has 0 radical (unpaired) electrons. The molecule has 0 unspecified atom stereocenters. The van der Waals surface area contributed by atoms with Crippen molar-refractivity contribution in [1.29, 1.82) is 0 Å². The first kappa shape index (κ1) is 17.7. The largest absolute Gasteiger partial charge is 0.460 e. The third-order valence-electron chi connectivity index (χ3n) is 4.49. The summed E-state index contributed by atoms with van der Waals surface area (Å²) in [5.41, 5.74) is 2.83. The molecule has 4 rings (SSSR count). The van der Waals surface area contributed by atoms with Gasteiger partial charge in [0.15, 0.2) is 0 Å². The number of hydrogen-bond acceptors (Lipinski definition) is 5. The van der Waals surface area contributed by atoms with E-state index in [0.717, 1.165) is 16.7 Å². The predicted octanol–water partition coefficient (Wildman–Crippen LogP) is 3.68. The summed E-state index contributed by atoms with van der Waals surface area (Å²) in [6.45, 7) is 2.08. The van der Waals surface area contributed by atoms with E-state index < -0.39 is 5.63 Å². The summed E-state index contributed by atoms with van der Waals surface area (Å²) >= 11 is 0. The van der Waals surface area contributed by atoms with E-state index in [-0.39, 0.29) is 29.3 Å². The van der Waals surface area contributed by atoms with Gasteiger partial charge in [-0.3, -0.25) is 9.78 Å². The van der Waals surface area contributed by atoms with Gasteiger partial charge in [-0.15, -0.1) is 0 Å². The zero-order valence-corrected chi connectivity index (χ0v) is 15.3.